The van der Waals surface area contributed by atoms with Crippen LogP contribution in [0.15, 0.2) is 71.7 Å². The van der Waals surface area contributed by atoms with Crippen LogP contribution in [-0.4, -0.2) is 67.1 Å². The first-order valence-corrected chi connectivity index (χ1v) is 16.9. The molecule has 0 saturated carbocycles. The normalized spacial score (nSPS) is 19.1. The number of nitrogens with zero attached hydrogens (tertiary/aromatic N) is 2. The van der Waals surface area contributed by atoms with Gasteiger partial charge in [-0.2, -0.15) is 0 Å². The minimum atomic E-state index is -2.93. The Hall–Kier alpha value is -3.44. The number of pyridine rings is 1. The molecule has 41 heavy (non-hydrogen) atoms. The first-order chi connectivity index (χ1) is 19.6. The zero-order valence-corrected chi connectivity index (χ0v) is 25.3. The first kappa shape index (κ1) is 30.5. The van der Waals surface area contributed by atoms with Crippen molar-refractivity contribution in [2.45, 2.75) is 50.7 Å². The first-order valence-electron chi connectivity index (χ1n) is 13.8. The summed E-state index contributed by atoms with van der Waals surface area (Å²) >= 11 is 0. The van der Waals surface area contributed by atoms with Crippen LogP contribution in [-0.2, 0) is 16.1 Å². The van der Waals surface area contributed by atoms with Crippen molar-refractivity contribution < 1.29 is 28.9 Å². The van der Waals surface area contributed by atoms with Crippen molar-refractivity contribution in [3.63, 3.8) is 0 Å². The summed E-state index contributed by atoms with van der Waals surface area (Å²) in [5.41, 5.74) is 1.69. The number of aliphatic hydroxyl groups excluding tert-OH is 1. The number of aliphatic hydroxyl groups is 1. The number of benzene rings is 2. The lowest BCUT2D eigenvalue weighted by Gasteiger charge is -2.44. The molecule has 0 spiro atoms. The van der Waals surface area contributed by atoms with Gasteiger partial charge in [0.05, 0.1) is 19.8 Å². The maximum Gasteiger partial charge on any atom is 0.297 e. The molecule has 9 nitrogen and oxygen atoms in total. The van der Waals surface area contributed by atoms with Gasteiger partial charge in [0.1, 0.15) is 11.9 Å². The lowest BCUT2D eigenvalue weighted by molar-refractivity contribution is -0.133. The highest BCUT2D eigenvalue weighted by Gasteiger charge is 2.47. The van der Waals surface area contributed by atoms with E-state index in [4.69, 9.17) is 14.2 Å². The summed E-state index contributed by atoms with van der Waals surface area (Å²) in [6, 6.07) is 18.5. The zero-order chi connectivity index (χ0) is 29.7. The maximum absolute atomic E-state index is 13.6. The van der Waals surface area contributed by atoms with Gasteiger partial charge in [-0.1, -0.05) is 37.3 Å². The summed E-state index contributed by atoms with van der Waals surface area (Å²) in [5, 5.41) is 9.67. The largest absolute Gasteiger partial charge is 0.491 e. The minimum absolute atomic E-state index is 0.0839. The van der Waals surface area contributed by atoms with Gasteiger partial charge in [0.25, 0.3) is 5.56 Å². The smallest absolute Gasteiger partial charge is 0.297 e. The maximum atomic E-state index is 13.6. The standard InChI is InChI=1S/C31H40N2O7Si/c1-21-29(39-3)24-18-23(33-15-9-12-26(38-2)31(33)36)13-14-25(24)40-30(21)27(41(4,5)37)19-28(35)32(16-17-34)20-22-10-7-6-8-11-22/h6-15,18,21,27,29-30,34,37H,16-17,19-20H2,1-5H3/t21-,27?,29-,30-/m1/s1. The molecule has 2 aromatic carbocycles. The number of aromatic nitrogens is 1. The predicted molar refractivity (Wildman–Crippen MR) is 159 cm³/mol. The van der Waals surface area contributed by atoms with Crippen molar-refractivity contribution in [2.24, 2.45) is 5.92 Å². The lowest BCUT2D eigenvalue weighted by atomic mass is 9.86. The molecule has 1 aromatic heterocycles. The number of amides is 1. The Kier molecular flexibility index (Phi) is 9.70. The summed E-state index contributed by atoms with van der Waals surface area (Å²) in [5.74, 6) is 0.475. The van der Waals surface area contributed by atoms with Crippen LogP contribution in [0.25, 0.3) is 5.69 Å². The van der Waals surface area contributed by atoms with Crippen LogP contribution in [0.1, 0.15) is 30.6 Å². The van der Waals surface area contributed by atoms with E-state index in [1.165, 1.54) is 11.7 Å². The molecule has 4 atom stereocenters. The average Bonchev–Trinajstić information content (AvgIpc) is 2.95. The number of carbonyl (C=O) groups excluding carboxylic acids is 1. The van der Waals surface area contributed by atoms with E-state index in [2.05, 4.69) is 0 Å². The van der Waals surface area contributed by atoms with Crippen LogP contribution in [0.4, 0.5) is 0 Å². The van der Waals surface area contributed by atoms with E-state index in [0.29, 0.717) is 18.0 Å². The Labute approximate surface area is 242 Å². The van der Waals surface area contributed by atoms with Gasteiger partial charge in [0, 0.05) is 55.5 Å². The van der Waals surface area contributed by atoms with Gasteiger partial charge in [-0.15, -0.1) is 0 Å². The van der Waals surface area contributed by atoms with E-state index >= 15 is 0 Å². The second-order valence-electron chi connectivity index (χ2n) is 11.1. The molecule has 0 fully saturated rings. The number of rotatable bonds is 11. The van der Waals surface area contributed by atoms with Crippen LogP contribution in [0.3, 0.4) is 0 Å². The number of fused-ring (bicyclic) bond motifs is 1. The topological polar surface area (TPSA) is 110 Å². The van der Waals surface area contributed by atoms with Crippen molar-refractivity contribution in [1.29, 1.82) is 0 Å². The Balaban J connectivity index is 1.64. The molecule has 2 heterocycles. The van der Waals surface area contributed by atoms with E-state index < -0.39 is 26.1 Å². The third kappa shape index (κ3) is 6.73. The van der Waals surface area contributed by atoms with Crippen LogP contribution >= 0.6 is 0 Å². The van der Waals surface area contributed by atoms with E-state index in [0.717, 1.165) is 11.1 Å². The second kappa shape index (κ2) is 13.0. The third-order valence-electron chi connectivity index (χ3n) is 7.86. The summed E-state index contributed by atoms with van der Waals surface area (Å²) in [4.78, 5) is 39.5. The molecule has 1 unspecified atom stereocenters. The molecule has 220 valence electrons. The highest BCUT2D eigenvalue weighted by atomic mass is 28.4. The number of hydrogen-bond acceptors (Lipinski definition) is 7. The van der Waals surface area contributed by atoms with Gasteiger partial charge >= 0.3 is 0 Å². The van der Waals surface area contributed by atoms with Gasteiger partial charge in [-0.05, 0) is 49.0 Å². The molecular weight excluding hydrogens is 540 g/mol. The van der Waals surface area contributed by atoms with Gasteiger partial charge in [-0.25, -0.2) is 0 Å². The number of carbonyl (C=O) groups is 1. The number of ether oxygens (including phenoxy) is 3. The van der Waals surface area contributed by atoms with Crippen molar-refractivity contribution >= 4 is 14.2 Å². The monoisotopic (exact) mass is 580 g/mol. The molecule has 2 N–H and O–H groups in total. The van der Waals surface area contributed by atoms with Gasteiger partial charge in [-0.3, -0.25) is 14.2 Å². The predicted octanol–water partition coefficient (Wildman–Crippen LogP) is 3.91. The minimum Gasteiger partial charge on any atom is -0.491 e. The number of methoxy groups -OCH3 is 2. The van der Waals surface area contributed by atoms with E-state index in [1.807, 2.05) is 56.4 Å². The molecule has 1 aliphatic heterocycles. The summed E-state index contributed by atoms with van der Waals surface area (Å²) in [6.07, 6.45) is 0.887. The third-order valence-corrected chi connectivity index (χ3v) is 10.2. The molecule has 10 heteroatoms. The summed E-state index contributed by atoms with van der Waals surface area (Å²) in [6.45, 7) is 6.06. The molecule has 1 amide bonds. The van der Waals surface area contributed by atoms with Gasteiger partial charge in [0.15, 0.2) is 14.1 Å². The van der Waals surface area contributed by atoms with E-state index in [1.54, 1.807) is 42.5 Å². The van der Waals surface area contributed by atoms with Crippen LogP contribution in [0, 0.1) is 5.92 Å². The average molecular weight is 581 g/mol. The molecule has 1 aliphatic rings. The second-order valence-corrected chi connectivity index (χ2v) is 15.1. The Morgan fingerprint density at radius 2 is 1.85 bits per heavy atom. The molecule has 3 aromatic rings. The van der Waals surface area contributed by atoms with Crippen molar-refractivity contribution in [3.05, 3.63) is 88.3 Å². The Morgan fingerprint density at radius 1 is 1.12 bits per heavy atom. The Morgan fingerprint density at radius 3 is 2.49 bits per heavy atom. The molecule has 0 saturated heterocycles. The fourth-order valence-electron chi connectivity index (χ4n) is 5.65. The van der Waals surface area contributed by atoms with E-state index in [9.17, 15) is 19.5 Å². The zero-order valence-electron chi connectivity index (χ0n) is 24.3. The molecule has 0 radical (unpaired) electrons. The molecule has 0 aliphatic carbocycles. The van der Waals surface area contributed by atoms with Gasteiger partial charge in [0.2, 0.25) is 5.91 Å². The van der Waals surface area contributed by atoms with Crippen LogP contribution in [0.5, 0.6) is 11.5 Å². The van der Waals surface area contributed by atoms with Crippen molar-refractivity contribution in [3.8, 4) is 17.2 Å². The fourth-order valence-corrected chi connectivity index (χ4v) is 7.50. The highest BCUT2D eigenvalue weighted by molar-refractivity contribution is 6.71. The van der Waals surface area contributed by atoms with Crippen molar-refractivity contribution in [2.75, 3.05) is 27.4 Å². The van der Waals surface area contributed by atoms with Crippen LogP contribution < -0.4 is 15.0 Å². The fraction of sp³-hybridized carbons (Fsp3) is 0.419. The van der Waals surface area contributed by atoms with E-state index in [-0.39, 0.29) is 42.7 Å². The quantitative estimate of drug-likeness (QED) is 0.331. The molecule has 4 rings (SSSR count). The SMILES string of the molecule is COc1cccn(-c2ccc3c(c2)[C@H](OC)[C@@H](C)[C@H](C(CC(=O)N(CCO)Cc2ccccc2)[Si](C)(C)O)O3)c1=O. The van der Waals surface area contributed by atoms with Crippen LogP contribution in [0.2, 0.25) is 18.6 Å². The summed E-state index contributed by atoms with van der Waals surface area (Å²) in [7, 11) is 0.153. The lowest BCUT2D eigenvalue weighted by Crippen LogP contribution is -2.50. The van der Waals surface area contributed by atoms with Crippen molar-refractivity contribution in [1.82, 2.24) is 9.47 Å². The van der Waals surface area contributed by atoms with Gasteiger partial charge < -0.3 is 29.0 Å². The molecular formula is C31H40N2O7Si. The highest BCUT2D eigenvalue weighted by Crippen LogP contribution is 2.47. The summed E-state index contributed by atoms with van der Waals surface area (Å²) < 4.78 is 19.2. The Bertz CT molecular complexity index is 1390. The number of hydrogen-bond donors (Lipinski definition) is 2. The molecule has 0 bridgehead atoms.